The molecule has 1 saturated heterocycles. The van der Waals surface area contributed by atoms with Crippen molar-refractivity contribution < 1.29 is 23.9 Å². The second kappa shape index (κ2) is 9.55. The zero-order valence-corrected chi connectivity index (χ0v) is 18.8. The molecule has 4 heterocycles. The Hall–Kier alpha value is -3.64. The normalized spacial score (nSPS) is 23.5. The number of pyridine rings is 1. The van der Waals surface area contributed by atoms with Gasteiger partial charge < -0.3 is 25.6 Å². The van der Waals surface area contributed by atoms with Crippen LogP contribution in [0.2, 0.25) is 5.02 Å². The highest BCUT2D eigenvalue weighted by Crippen LogP contribution is 2.33. The number of hydrogen-bond donors (Lipinski definition) is 4. The predicted octanol–water partition coefficient (Wildman–Crippen LogP) is 1.52. The molecule has 0 saturated carbocycles. The van der Waals surface area contributed by atoms with E-state index in [4.69, 9.17) is 20.5 Å². The molecule has 3 aromatic heterocycles. The van der Waals surface area contributed by atoms with E-state index in [1.807, 2.05) is 30.3 Å². The van der Waals surface area contributed by atoms with Gasteiger partial charge in [0.2, 0.25) is 0 Å². The van der Waals surface area contributed by atoms with E-state index in [1.165, 1.54) is 23.3 Å². The Balaban J connectivity index is 1.54. The number of likely N-dealkylation sites (N-methyl/N-ethyl adjacent to an activating group) is 1. The summed E-state index contributed by atoms with van der Waals surface area (Å²) in [5, 5.41) is 26.6. The SMILES string of the molecule is [2H]C([2H])([2H])NC(=O)[C@H]1O[C@@H](n2cnc3c(NCc4ccccc4)nc(-c4cncc(Cl)c4)nc32)[C@H](O)[C@@H]1O. The van der Waals surface area contributed by atoms with Crippen molar-refractivity contribution in [2.24, 2.45) is 0 Å². The minimum Gasteiger partial charge on any atom is -0.387 e. The Kier molecular flexibility index (Phi) is 5.36. The van der Waals surface area contributed by atoms with E-state index < -0.39 is 37.4 Å². The van der Waals surface area contributed by atoms with Gasteiger partial charge in [0.1, 0.15) is 12.2 Å². The van der Waals surface area contributed by atoms with Gasteiger partial charge in [0.05, 0.1) is 11.3 Å². The molecular weight excluding hydrogens is 474 g/mol. The number of aromatic nitrogens is 5. The van der Waals surface area contributed by atoms with Crippen LogP contribution in [0.15, 0.2) is 55.1 Å². The van der Waals surface area contributed by atoms with E-state index in [0.717, 1.165) is 5.56 Å². The number of hydrogen-bond acceptors (Lipinski definition) is 9. The molecule has 4 aromatic rings. The first-order valence-electron chi connectivity index (χ1n) is 12.1. The number of ether oxygens (including phenoxy) is 1. The fourth-order valence-electron chi connectivity index (χ4n) is 3.85. The highest BCUT2D eigenvalue weighted by atomic mass is 35.5. The molecule has 4 N–H and O–H groups in total. The first-order chi connectivity index (χ1) is 18.1. The maximum absolute atomic E-state index is 12.4. The van der Waals surface area contributed by atoms with Crippen LogP contribution in [0.4, 0.5) is 5.82 Å². The highest BCUT2D eigenvalue weighted by Gasteiger charge is 2.47. The van der Waals surface area contributed by atoms with Crippen LogP contribution in [-0.2, 0) is 16.1 Å². The van der Waals surface area contributed by atoms with Gasteiger partial charge in [0.25, 0.3) is 5.91 Å². The topological polar surface area (TPSA) is 147 Å². The van der Waals surface area contributed by atoms with E-state index >= 15 is 0 Å². The molecular formula is C23H22ClN7O4. The molecule has 0 unspecified atom stereocenters. The minimum absolute atomic E-state index is 0.221. The Morgan fingerprint density at radius 2 is 2.06 bits per heavy atom. The number of nitrogens with one attached hydrogen (secondary N) is 2. The predicted molar refractivity (Wildman–Crippen MR) is 127 cm³/mol. The van der Waals surface area contributed by atoms with Crippen molar-refractivity contribution in [1.29, 1.82) is 0 Å². The van der Waals surface area contributed by atoms with Crippen molar-refractivity contribution in [2.45, 2.75) is 31.1 Å². The number of benzene rings is 1. The standard InChI is InChI=1S/C23H22ClN7O4/c1-25-22(34)18-16(32)17(33)23(35-18)31-11-28-15-20(27-8-12-5-3-2-4-6-12)29-19(30-21(15)31)13-7-14(24)10-26-9-13/h2-7,9-11,16-18,23,32-33H,8H2,1H3,(H,25,34)(H,27,29,30)/t16-,17+,18-,23+/m0/s1/i1D3. The van der Waals surface area contributed by atoms with Crippen molar-refractivity contribution in [3.63, 3.8) is 0 Å². The van der Waals surface area contributed by atoms with Crippen LogP contribution in [0.3, 0.4) is 0 Å². The molecule has 5 rings (SSSR count). The molecule has 1 aromatic carbocycles. The van der Waals surface area contributed by atoms with Gasteiger partial charge >= 0.3 is 0 Å². The number of carbonyl (C=O) groups is 1. The quantitative estimate of drug-likeness (QED) is 0.310. The molecule has 35 heavy (non-hydrogen) atoms. The lowest BCUT2D eigenvalue weighted by Gasteiger charge is -2.17. The zero-order chi connectivity index (χ0) is 27.0. The number of aliphatic hydroxyl groups excluding tert-OH is 2. The van der Waals surface area contributed by atoms with Gasteiger partial charge in [-0.2, -0.15) is 0 Å². The third kappa shape index (κ3) is 4.42. The van der Waals surface area contributed by atoms with Crippen LogP contribution in [0, 0.1) is 0 Å². The second-order valence-corrected chi connectivity index (χ2v) is 8.30. The van der Waals surface area contributed by atoms with Crippen molar-refractivity contribution in [2.75, 3.05) is 12.3 Å². The number of rotatable bonds is 6. The molecule has 180 valence electrons. The van der Waals surface area contributed by atoms with Gasteiger partial charge in [0, 0.05) is 35.6 Å². The number of fused-ring (bicyclic) bond motifs is 1. The summed E-state index contributed by atoms with van der Waals surface area (Å²) < 4.78 is 28.7. The number of amides is 1. The molecule has 0 spiro atoms. The zero-order valence-electron chi connectivity index (χ0n) is 21.0. The third-order valence-corrected chi connectivity index (χ3v) is 5.79. The van der Waals surface area contributed by atoms with E-state index in [2.05, 4.69) is 25.3 Å². The van der Waals surface area contributed by atoms with Gasteiger partial charge in [-0.25, -0.2) is 15.0 Å². The van der Waals surface area contributed by atoms with Gasteiger partial charge in [-0.05, 0) is 11.6 Å². The van der Waals surface area contributed by atoms with Crippen molar-refractivity contribution in [3.8, 4) is 11.4 Å². The molecule has 4 atom stereocenters. The number of halogens is 1. The molecule has 1 aliphatic rings. The molecule has 0 bridgehead atoms. The monoisotopic (exact) mass is 498 g/mol. The highest BCUT2D eigenvalue weighted by molar-refractivity contribution is 6.30. The van der Waals surface area contributed by atoms with Gasteiger partial charge in [-0.1, -0.05) is 41.9 Å². The van der Waals surface area contributed by atoms with E-state index in [1.54, 1.807) is 11.4 Å². The van der Waals surface area contributed by atoms with Crippen LogP contribution in [0.25, 0.3) is 22.6 Å². The first kappa shape index (κ1) is 19.6. The number of aliphatic hydroxyl groups is 2. The van der Waals surface area contributed by atoms with Crippen molar-refractivity contribution in [1.82, 2.24) is 29.8 Å². The summed E-state index contributed by atoms with van der Waals surface area (Å²) >= 11 is 6.12. The minimum atomic E-state index is -2.79. The van der Waals surface area contributed by atoms with Gasteiger partial charge in [-0.3, -0.25) is 14.3 Å². The van der Waals surface area contributed by atoms with Crippen LogP contribution in [0.5, 0.6) is 0 Å². The average Bonchev–Trinajstić information content (AvgIpc) is 3.43. The molecule has 11 nitrogen and oxygen atoms in total. The Labute approximate surface area is 209 Å². The van der Waals surface area contributed by atoms with E-state index in [9.17, 15) is 15.0 Å². The lowest BCUT2D eigenvalue weighted by atomic mass is 10.1. The van der Waals surface area contributed by atoms with Crippen LogP contribution < -0.4 is 10.6 Å². The summed E-state index contributed by atoms with van der Waals surface area (Å²) in [4.78, 5) is 30.1. The van der Waals surface area contributed by atoms with Gasteiger partial charge in [-0.15, -0.1) is 0 Å². The average molecular weight is 499 g/mol. The largest absolute Gasteiger partial charge is 0.387 e. The van der Waals surface area contributed by atoms with Crippen molar-refractivity contribution >= 4 is 34.5 Å². The van der Waals surface area contributed by atoms with Gasteiger partial charge in [0.15, 0.2) is 35.1 Å². The fraction of sp³-hybridized carbons (Fsp3) is 0.261. The summed E-state index contributed by atoms with van der Waals surface area (Å²) in [6, 6.07) is 11.3. The summed E-state index contributed by atoms with van der Waals surface area (Å²) in [6.07, 6.45) is -1.89. The Morgan fingerprint density at radius 3 is 2.83 bits per heavy atom. The molecule has 1 aliphatic heterocycles. The maximum atomic E-state index is 12.4. The summed E-state index contributed by atoms with van der Waals surface area (Å²) in [6.45, 7) is -2.37. The van der Waals surface area contributed by atoms with Crippen LogP contribution in [-0.4, -0.2) is 65.9 Å². The van der Waals surface area contributed by atoms with E-state index in [0.29, 0.717) is 28.5 Å². The third-order valence-electron chi connectivity index (χ3n) is 5.58. The summed E-state index contributed by atoms with van der Waals surface area (Å²) in [5.41, 5.74) is 2.06. The molecule has 12 heteroatoms. The van der Waals surface area contributed by atoms with E-state index in [-0.39, 0.29) is 11.5 Å². The lowest BCUT2D eigenvalue weighted by molar-refractivity contribution is -0.137. The summed E-state index contributed by atoms with van der Waals surface area (Å²) in [5.74, 6) is -0.471. The Bertz CT molecular complexity index is 1470. The summed E-state index contributed by atoms with van der Waals surface area (Å²) in [7, 11) is 0. The number of carbonyl (C=O) groups excluding carboxylic acids is 1. The maximum Gasteiger partial charge on any atom is 0.251 e. The first-order valence-corrected chi connectivity index (χ1v) is 11.0. The smallest absolute Gasteiger partial charge is 0.251 e. The number of nitrogens with zero attached hydrogens (tertiary/aromatic N) is 5. The number of anilines is 1. The molecule has 0 radical (unpaired) electrons. The van der Waals surface area contributed by atoms with Crippen molar-refractivity contribution in [3.05, 3.63) is 65.7 Å². The molecule has 0 aliphatic carbocycles. The lowest BCUT2D eigenvalue weighted by Crippen LogP contribution is -2.41. The number of imidazole rings is 1. The Morgan fingerprint density at radius 1 is 1.23 bits per heavy atom. The van der Waals surface area contributed by atoms with Crippen LogP contribution >= 0.6 is 11.6 Å². The molecule has 1 fully saturated rings. The second-order valence-electron chi connectivity index (χ2n) is 7.87. The fourth-order valence-corrected chi connectivity index (χ4v) is 4.02. The molecule has 1 amide bonds. The van der Waals surface area contributed by atoms with Crippen LogP contribution in [0.1, 0.15) is 15.9 Å².